The summed E-state index contributed by atoms with van der Waals surface area (Å²) in [5, 5.41) is 8.76. The zero-order valence-corrected chi connectivity index (χ0v) is 6.66. The van der Waals surface area contributed by atoms with Crippen LogP contribution >= 0.6 is 27.3 Å². The highest BCUT2D eigenvalue weighted by atomic mass is 79.9. The summed E-state index contributed by atoms with van der Waals surface area (Å²) in [7, 11) is 0. The Morgan fingerprint density at radius 2 is 2.44 bits per heavy atom. The molecule has 0 aliphatic heterocycles. The Morgan fingerprint density at radius 3 is 2.67 bits per heavy atom. The van der Waals surface area contributed by atoms with Gasteiger partial charge in [0.1, 0.15) is 9.86 Å². The van der Waals surface area contributed by atoms with Gasteiger partial charge in [-0.1, -0.05) is 11.3 Å². The van der Waals surface area contributed by atoms with E-state index >= 15 is 0 Å². The lowest BCUT2D eigenvalue weighted by atomic mass is 10.6. The maximum atomic E-state index is 8.34. The number of nitrogens with zero attached hydrogens (tertiary/aromatic N) is 2. The molecule has 1 aromatic heterocycles. The fourth-order valence-electron chi connectivity index (χ4n) is 0.386. The minimum atomic E-state index is 0.359. The maximum Gasteiger partial charge on any atom is 0.182 e. The van der Waals surface area contributed by atoms with Crippen LogP contribution in [0, 0.1) is 11.3 Å². The van der Waals surface area contributed by atoms with E-state index in [1.807, 2.05) is 6.07 Å². The van der Waals surface area contributed by atoms with E-state index < -0.39 is 0 Å². The average Bonchev–Trinajstić information content (AvgIpc) is 2.10. The summed E-state index contributed by atoms with van der Waals surface area (Å²) in [6.45, 7) is 0. The second-order valence-corrected chi connectivity index (χ2v) is 3.63. The SMILES string of the molecule is N#Cc1nc(N)sc1Br. The van der Waals surface area contributed by atoms with Crippen molar-refractivity contribution in [2.45, 2.75) is 0 Å². The highest BCUT2D eigenvalue weighted by Gasteiger charge is 2.03. The van der Waals surface area contributed by atoms with Gasteiger partial charge in [0.05, 0.1) is 0 Å². The molecule has 0 aromatic carbocycles. The summed E-state index contributed by atoms with van der Waals surface area (Å²) < 4.78 is 0.697. The second-order valence-electron chi connectivity index (χ2n) is 1.29. The summed E-state index contributed by atoms with van der Waals surface area (Å²) in [6.07, 6.45) is 0. The third-order valence-electron chi connectivity index (χ3n) is 0.708. The van der Waals surface area contributed by atoms with Crippen molar-refractivity contribution in [1.82, 2.24) is 4.98 Å². The fourth-order valence-corrected chi connectivity index (χ4v) is 1.57. The molecule has 5 heteroatoms. The molecule has 0 aliphatic carbocycles. The standard InChI is InChI=1S/C4H2BrN3S/c5-3-2(1-6)8-4(7)9-3/h(H2,7,8). The molecule has 0 unspecified atom stereocenters. The Labute approximate surface area is 64.3 Å². The van der Waals surface area contributed by atoms with Crippen LogP contribution in [0.2, 0.25) is 0 Å². The van der Waals surface area contributed by atoms with Crippen molar-refractivity contribution in [3.8, 4) is 6.07 Å². The minimum absolute atomic E-state index is 0.359. The van der Waals surface area contributed by atoms with Crippen LogP contribution in [0.5, 0.6) is 0 Å². The third kappa shape index (κ3) is 1.20. The molecular formula is C4H2BrN3S. The molecule has 0 spiro atoms. The Kier molecular flexibility index (Phi) is 1.69. The molecule has 9 heavy (non-hydrogen) atoms. The van der Waals surface area contributed by atoms with Crippen molar-refractivity contribution in [3.63, 3.8) is 0 Å². The van der Waals surface area contributed by atoms with Crippen LogP contribution in [0.3, 0.4) is 0 Å². The van der Waals surface area contributed by atoms with Gasteiger partial charge in [-0.05, 0) is 15.9 Å². The molecule has 1 heterocycles. The van der Waals surface area contributed by atoms with Gasteiger partial charge in [0.25, 0.3) is 0 Å². The number of halogens is 1. The Bertz CT molecular complexity index is 261. The Hall–Kier alpha value is -0.600. The average molecular weight is 204 g/mol. The molecule has 1 rings (SSSR count). The van der Waals surface area contributed by atoms with Gasteiger partial charge < -0.3 is 5.73 Å². The van der Waals surface area contributed by atoms with Crippen LogP contribution in [-0.2, 0) is 0 Å². The Balaban J connectivity index is 3.20. The molecule has 0 aliphatic rings. The summed E-state index contributed by atoms with van der Waals surface area (Å²) >= 11 is 4.39. The van der Waals surface area contributed by atoms with Gasteiger partial charge in [-0.15, -0.1) is 0 Å². The number of nitrogens with two attached hydrogens (primary N) is 1. The van der Waals surface area contributed by atoms with E-state index in [0.717, 1.165) is 0 Å². The molecule has 0 saturated heterocycles. The van der Waals surface area contributed by atoms with Crippen molar-refractivity contribution >= 4 is 32.4 Å². The van der Waals surface area contributed by atoms with Crippen molar-refractivity contribution in [2.24, 2.45) is 0 Å². The van der Waals surface area contributed by atoms with Gasteiger partial charge in [0, 0.05) is 0 Å². The molecule has 0 atom stereocenters. The largest absolute Gasteiger partial charge is 0.375 e. The molecule has 46 valence electrons. The van der Waals surface area contributed by atoms with Crippen LogP contribution in [-0.4, -0.2) is 4.98 Å². The van der Waals surface area contributed by atoms with Crippen LogP contribution in [0.4, 0.5) is 5.13 Å². The van der Waals surface area contributed by atoms with Gasteiger partial charge in [-0.3, -0.25) is 0 Å². The number of hydrogen-bond donors (Lipinski definition) is 1. The van der Waals surface area contributed by atoms with E-state index in [-0.39, 0.29) is 0 Å². The first-order valence-corrected chi connectivity index (χ1v) is 3.67. The van der Waals surface area contributed by atoms with Gasteiger partial charge in [0.15, 0.2) is 10.8 Å². The van der Waals surface area contributed by atoms with Gasteiger partial charge in [0.2, 0.25) is 0 Å². The quantitative estimate of drug-likeness (QED) is 0.693. The number of aromatic nitrogens is 1. The molecule has 3 nitrogen and oxygen atoms in total. The predicted octanol–water partition coefficient (Wildman–Crippen LogP) is 1.36. The van der Waals surface area contributed by atoms with Crippen LogP contribution in [0.15, 0.2) is 3.79 Å². The lowest BCUT2D eigenvalue weighted by Crippen LogP contribution is -1.81. The zero-order chi connectivity index (χ0) is 6.85. The summed E-state index contributed by atoms with van der Waals surface area (Å²) in [5.74, 6) is 0. The van der Waals surface area contributed by atoms with E-state index in [1.54, 1.807) is 0 Å². The molecule has 0 fully saturated rings. The molecule has 0 amide bonds. The van der Waals surface area contributed by atoms with Gasteiger partial charge in [-0.2, -0.15) is 5.26 Å². The van der Waals surface area contributed by atoms with E-state index in [2.05, 4.69) is 20.9 Å². The highest BCUT2D eigenvalue weighted by Crippen LogP contribution is 2.25. The number of rotatable bonds is 0. The van der Waals surface area contributed by atoms with Crippen molar-refractivity contribution < 1.29 is 0 Å². The normalized spacial score (nSPS) is 8.89. The smallest absolute Gasteiger partial charge is 0.182 e. The van der Waals surface area contributed by atoms with Gasteiger partial charge in [-0.25, -0.2) is 4.98 Å². The minimum Gasteiger partial charge on any atom is -0.375 e. The third-order valence-corrected chi connectivity index (χ3v) is 2.24. The first-order chi connectivity index (χ1) is 4.24. The van der Waals surface area contributed by atoms with E-state index in [4.69, 9.17) is 11.0 Å². The first kappa shape index (κ1) is 6.52. The van der Waals surface area contributed by atoms with Crippen LogP contribution in [0.1, 0.15) is 5.69 Å². The summed E-state index contributed by atoms with van der Waals surface area (Å²) in [5.41, 5.74) is 5.64. The van der Waals surface area contributed by atoms with E-state index in [0.29, 0.717) is 14.6 Å². The van der Waals surface area contributed by atoms with Crippen molar-refractivity contribution in [2.75, 3.05) is 5.73 Å². The fraction of sp³-hybridized carbons (Fsp3) is 0. The number of thiazole rings is 1. The molecule has 0 bridgehead atoms. The molecule has 2 N–H and O–H groups in total. The molecule has 1 aromatic rings. The van der Waals surface area contributed by atoms with Gasteiger partial charge >= 0.3 is 0 Å². The molecule has 0 radical (unpaired) electrons. The second kappa shape index (κ2) is 2.33. The monoisotopic (exact) mass is 203 g/mol. The lowest BCUT2D eigenvalue weighted by Gasteiger charge is -1.72. The zero-order valence-electron chi connectivity index (χ0n) is 4.26. The molecular weight excluding hydrogens is 202 g/mol. The maximum absolute atomic E-state index is 8.34. The van der Waals surface area contributed by atoms with Crippen LogP contribution < -0.4 is 5.73 Å². The predicted molar refractivity (Wildman–Crippen MR) is 38.9 cm³/mol. The summed E-state index contributed by atoms with van der Waals surface area (Å²) in [6, 6.07) is 1.89. The lowest BCUT2D eigenvalue weighted by molar-refractivity contribution is 1.33. The molecule has 0 saturated carbocycles. The number of anilines is 1. The van der Waals surface area contributed by atoms with E-state index in [9.17, 15) is 0 Å². The van der Waals surface area contributed by atoms with Crippen molar-refractivity contribution in [3.05, 3.63) is 9.48 Å². The summed E-state index contributed by atoms with van der Waals surface area (Å²) in [4.78, 5) is 3.72. The number of nitriles is 1. The highest BCUT2D eigenvalue weighted by molar-refractivity contribution is 9.11. The van der Waals surface area contributed by atoms with Crippen LogP contribution in [0.25, 0.3) is 0 Å². The Morgan fingerprint density at radius 1 is 1.78 bits per heavy atom. The first-order valence-electron chi connectivity index (χ1n) is 2.06. The number of hydrogen-bond acceptors (Lipinski definition) is 4. The van der Waals surface area contributed by atoms with Crippen molar-refractivity contribution in [1.29, 1.82) is 5.26 Å². The number of nitrogen functional groups attached to an aromatic ring is 1. The van der Waals surface area contributed by atoms with E-state index in [1.165, 1.54) is 11.3 Å². The topological polar surface area (TPSA) is 62.7 Å².